The van der Waals surface area contributed by atoms with Crippen LogP contribution in [-0.2, 0) is 0 Å². The lowest BCUT2D eigenvalue weighted by Gasteiger charge is -2.25. The van der Waals surface area contributed by atoms with Crippen LogP contribution in [-0.4, -0.2) is 55.1 Å². The lowest BCUT2D eigenvalue weighted by atomic mass is 9.97. The van der Waals surface area contributed by atoms with Crippen molar-refractivity contribution in [3.8, 4) is 17.5 Å². The molecule has 1 fully saturated rings. The predicted molar refractivity (Wildman–Crippen MR) is 158 cm³/mol. The quantitative estimate of drug-likeness (QED) is 0.344. The molecule has 1 atom stereocenters. The van der Waals surface area contributed by atoms with Crippen LogP contribution in [0.15, 0.2) is 71.8 Å². The highest BCUT2D eigenvalue weighted by molar-refractivity contribution is 6.01. The van der Waals surface area contributed by atoms with Crippen molar-refractivity contribution in [2.75, 3.05) is 20.1 Å². The van der Waals surface area contributed by atoms with Crippen molar-refractivity contribution in [2.45, 2.75) is 32.7 Å². The Labute approximate surface area is 237 Å². The van der Waals surface area contributed by atoms with E-state index in [1.165, 1.54) is 0 Å². The zero-order valence-electron chi connectivity index (χ0n) is 23.3. The van der Waals surface area contributed by atoms with E-state index < -0.39 is 6.04 Å². The summed E-state index contributed by atoms with van der Waals surface area (Å²) in [6, 6.07) is 16.1. The van der Waals surface area contributed by atoms with E-state index in [0.29, 0.717) is 50.8 Å². The first-order valence-corrected chi connectivity index (χ1v) is 13.8. The van der Waals surface area contributed by atoms with Crippen LogP contribution in [0.1, 0.15) is 53.2 Å². The van der Waals surface area contributed by atoms with Crippen LogP contribution in [0.3, 0.4) is 0 Å². The first kappa shape index (κ1) is 26.4. The highest BCUT2D eigenvalue weighted by Gasteiger charge is 2.24. The van der Waals surface area contributed by atoms with Crippen molar-refractivity contribution in [2.24, 2.45) is 5.92 Å². The molecule has 0 aliphatic carbocycles. The summed E-state index contributed by atoms with van der Waals surface area (Å²) in [5, 5.41) is 7.91. The zero-order valence-corrected chi connectivity index (χ0v) is 23.3. The second-order valence-electron chi connectivity index (χ2n) is 10.5. The fourth-order valence-corrected chi connectivity index (χ4v) is 5.40. The van der Waals surface area contributed by atoms with E-state index in [-0.39, 0.29) is 11.5 Å². The molecule has 4 heterocycles. The molecule has 1 amide bonds. The van der Waals surface area contributed by atoms with Gasteiger partial charge in [0.2, 0.25) is 0 Å². The molecule has 1 aliphatic rings. The third kappa shape index (κ3) is 5.10. The Balaban J connectivity index is 1.43. The lowest BCUT2D eigenvalue weighted by molar-refractivity contribution is 0.0938. The summed E-state index contributed by atoms with van der Waals surface area (Å²) in [5.74, 6) is 7.11. The van der Waals surface area contributed by atoms with E-state index in [0.717, 1.165) is 25.9 Å². The third-order valence-corrected chi connectivity index (χ3v) is 7.60. The number of hydrogen-bond donors (Lipinski definition) is 1. The molecule has 41 heavy (non-hydrogen) atoms. The molecular weight excluding hydrogens is 514 g/mol. The van der Waals surface area contributed by atoms with E-state index in [9.17, 15) is 9.59 Å². The molecule has 5 aromatic rings. The monoisotopic (exact) mass is 545 g/mol. The maximum absolute atomic E-state index is 14.2. The molecule has 0 unspecified atom stereocenters. The number of likely N-dealkylation sites (tertiary alicyclic amines) is 1. The summed E-state index contributed by atoms with van der Waals surface area (Å²) in [5.41, 5.74) is 3.07. The van der Waals surface area contributed by atoms with E-state index in [4.69, 9.17) is 4.98 Å². The molecular formula is C32H31N7O2. The number of aromatic nitrogens is 5. The minimum Gasteiger partial charge on any atom is -0.342 e. The molecule has 1 N–H and O–H groups in total. The van der Waals surface area contributed by atoms with Crippen LogP contribution < -0.4 is 10.9 Å². The summed E-state index contributed by atoms with van der Waals surface area (Å²) in [4.78, 5) is 39.3. The van der Waals surface area contributed by atoms with Gasteiger partial charge in [-0.1, -0.05) is 36.1 Å². The number of benzene rings is 2. The number of carbonyl (C=O) groups excluding carboxylic acids is 1. The second-order valence-corrected chi connectivity index (χ2v) is 10.5. The van der Waals surface area contributed by atoms with Gasteiger partial charge in [0.15, 0.2) is 5.65 Å². The van der Waals surface area contributed by atoms with Crippen molar-refractivity contribution in [3.05, 3.63) is 100.0 Å². The molecule has 0 saturated carbocycles. The fourth-order valence-electron chi connectivity index (χ4n) is 5.40. The van der Waals surface area contributed by atoms with Gasteiger partial charge in [-0.2, -0.15) is 5.10 Å². The van der Waals surface area contributed by atoms with Gasteiger partial charge in [0.25, 0.3) is 11.5 Å². The highest BCUT2D eigenvalue weighted by Crippen LogP contribution is 2.22. The summed E-state index contributed by atoms with van der Waals surface area (Å²) in [6.07, 6.45) is 5.41. The molecule has 1 aliphatic heterocycles. The Kier molecular flexibility index (Phi) is 7.08. The van der Waals surface area contributed by atoms with E-state index in [2.05, 4.69) is 39.2 Å². The molecule has 2 aromatic carbocycles. The first-order valence-electron chi connectivity index (χ1n) is 13.8. The molecule has 3 aromatic heterocycles. The standard InChI is InChI=1S/C32H31N7O2/c1-21-27(30-33-17-8-18-38(30)36-21)31(40)34-22(2)29-35-26-12-7-9-24(14-13-23-15-19-37(3)20-16-23)28(26)32(41)39(29)25-10-5-4-6-11-25/h4-12,17-18,22-23H,15-16,19-20H2,1-3H3,(H,34,40)/t22-/m0/s1. The average Bonchev–Trinajstić information content (AvgIpc) is 3.32. The van der Waals surface area contributed by atoms with E-state index in [1.807, 2.05) is 55.5 Å². The number of para-hydroxylation sites is 1. The molecule has 0 radical (unpaired) electrons. The predicted octanol–water partition coefficient (Wildman–Crippen LogP) is 3.92. The SMILES string of the molecule is Cc1nn2cccnc2c1C(=O)N[C@@H](C)c1nc2cccc(C#CC3CCN(C)CC3)c2c(=O)n1-c1ccccc1. The number of nitrogens with one attached hydrogen (secondary N) is 1. The van der Waals surface area contributed by atoms with Gasteiger partial charge in [-0.15, -0.1) is 0 Å². The number of rotatable bonds is 4. The Bertz CT molecular complexity index is 1870. The van der Waals surface area contributed by atoms with Crippen molar-refractivity contribution in [1.82, 2.24) is 34.4 Å². The molecule has 1 saturated heterocycles. The zero-order chi connectivity index (χ0) is 28.5. The number of aryl methyl sites for hydroxylation is 1. The van der Waals surface area contributed by atoms with E-state index >= 15 is 0 Å². The van der Waals surface area contributed by atoms with Gasteiger partial charge < -0.3 is 10.2 Å². The summed E-state index contributed by atoms with van der Waals surface area (Å²) in [7, 11) is 2.13. The smallest absolute Gasteiger partial charge is 0.267 e. The number of fused-ring (bicyclic) bond motifs is 2. The van der Waals surface area contributed by atoms with Gasteiger partial charge in [-0.25, -0.2) is 14.5 Å². The van der Waals surface area contributed by atoms with Crippen LogP contribution in [0, 0.1) is 24.7 Å². The summed E-state index contributed by atoms with van der Waals surface area (Å²) >= 11 is 0. The Hall–Kier alpha value is -4.81. The number of nitrogens with zero attached hydrogens (tertiary/aromatic N) is 6. The molecule has 0 bridgehead atoms. The summed E-state index contributed by atoms with van der Waals surface area (Å²) in [6.45, 7) is 5.64. The Morgan fingerprint density at radius 2 is 1.85 bits per heavy atom. The minimum absolute atomic E-state index is 0.223. The average molecular weight is 546 g/mol. The van der Waals surface area contributed by atoms with Gasteiger partial charge in [-0.05, 0) is 77.2 Å². The summed E-state index contributed by atoms with van der Waals surface area (Å²) < 4.78 is 3.16. The van der Waals surface area contributed by atoms with E-state index in [1.54, 1.807) is 34.5 Å². The number of hydrogen-bond acceptors (Lipinski definition) is 6. The molecule has 9 heteroatoms. The number of amides is 1. The largest absolute Gasteiger partial charge is 0.342 e. The Morgan fingerprint density at radius 3 is 2.63 bits per heavy atom. The van der Waals surface area contributed by atoms with Crippen LogP contribution in [0.25, 0.3) is 22.2 Å². The normalized spacial score (nSPS) is 15.0. The molecule has 206 valence electrons. The number of carbonyl (C=O) groups is 1. The molecule has 6 rings (SSSR count). The highest BCUT2D eigenvalue weighted by atomic mass is 16.2. The van der Waals surface area contributed by atoms with Crippen LogP contribution in [0.4, 0.5) is 0 Å². The van der Waals surface area contributed by atoms with Crippen LogP contribution in [0.2, 0.25) is 0 Å². The lowest BCUT2D eigenvalue weighted by Crippen LogP contribution is -2.33. The van der Waals surface area contributed by atoms with Gasteiger partial charge in [0.1, 0.15) is 11.4 Å². The van der Waals surface area contributed by atoms with Gasteiger partial charge in [0, 0.05) is 23.9 Å². The topological polar surface area (TPSA) is 97.4 Å². The van der Waals surface area contributed by atoms with Crippen molar-refractivity contribution < 1.29 is 4.79 Å². The van der Waals surface area contributed by atoms with Gasteiger partial charge >= 0.3 is 0 Å². The molecule has 0 spiro atoms. The number of piperidine rings is 1. The van der Waals surface area contributed by atoms with Gasteiger partial charge in [-0.3, -0.25) is 14.2 Å². The van der Waals surface area contributed by atoms with Crippen LogP contribution >= 0.6 is 0 Å². The minimum atomic E-state index is -0.605. The van der Waals surface area contributed by atoms with Crippen LogP contribution in [0.5, 0.6) is 0 Å². The molecule has 9 nitrogen and oxygen atoms in total. The first-order chi connectivity index (χ1) is 19.9. The van der Waals surface area contributed by atoms with Crippen molar-refractivity contribution in [3.63, 3.8) is 0 Å². The maximum atomic E-state index is 14.2. The van der Waals surface area contributed by atoms with Crippen molar-refractivity contribution >= 4 is 22.5 Å². The van der Waals surface area contributed by atoms with Crippen molar-refractivity contribution in [1.29, 1.82) is 0 Å². The van der Waals surface area contributed by atoms with Gasteiger partial charge in [0.05, 0.1) is 28.3 Å². The third-order valence-electron chi connectivity index (χ3n) is 7.60. The second kappa shape index (κ2) is 11.0. The fraction of sp³-hybridized carbons (Fsp3) is 0.281. The maximum Gasteiger partial charge on any atom is 0.267 e. The Morgan fingerprint density at radius 1 is 1.07 bits per heavy atom.